The third-order valence-electron chi connectivity index (χ3n) is 4.85. The molecule has 1 atom stereocenters. The first-order valence-corrected chi connectivity index (χ1v) is 10.9. The van der Waals surface area contributed by atoms with Crippen molar-refractivity contribution in [2.45, 2.75) is 10.9 Å². The molecule has 158 valence electrons. The van der Waals surface area contributed by atoms with E-state index in [-0.39, 0.29) is 16.8 Å². The van der Waals surface area contributed by atoms with Crippen LogP contribution in [0.25, 0.3) is 0 Å². The maximum atomic E-state index is 12.8. The Bertz CT molecular complexity index is 1060. The molecule has 0 aliphatic rings. The van der Waals surface area contributed by atoms with Crippen molar-refractivity contribution in [2.75, 3.05) is 32.0 Å². The number of carbonyl (C=O) groups is 1. The monoisotopic (exact) mass is 427 g/mol. The molecule has 30 heavy (non-hydrogen) atoms. The molecule has 3 aromatic rings. The van der Waals surface area contributed by atoms with Gasteiger partial charge in [0.1, 0.15) is 5.76 Å². The van der Waals surface area contributed by atoms with E-state index in [0.717, 1.165) is 5.76 Å². The largest absolute Gasteiger partial charge is 0.468 e. The van der Waals surface area contributed by atoms with Gasteiger partial charge in [-0.3, -0.25) is 14.0 Å². The number of anilines is 1. The lowest BCUT2D eigenvalue weighted by molar-refractivity contribution is 0.0939. The summed E-state index contributed by atoms with van der Waals surface area (Å²) in [6.07, 6.45) is 1.60. The molecule has 1 N–H and O–H groups in total. The van der Waals surface area contributed by atoms with E-state index in [1.54, 1.807) is 36.6 Å². The predicted molar refractivity (Wildman–Crippen MR) is 116 cm³/mol. The van der Waals surface area contributed by atoms with Gasteiger partial charge in [-0.1, -0.05) is 18.2 Å². The van der Waals surface area contributed by atoms with Crippen molar-refractivity contribution in [3.8, 4) is 0 Å². The minimum absolute atomic E-state index is 0.108. The van der Waals surface area contributed by atoms with Gasteiger partial charge in [-0.05, 0) is 62.6 Å². The fourth-order valence-corrected chi connectivity index (χ4v) is 4.22. The summed E-state index contributed by atoms with van der Waals surface area (Å²) in [7, 11) is 1.59. The summed E-state index contributed by atoms with van der Waals surface area (Å²) in [6, 6.07) is 18.3. The average Bonchev–Trinajstić information content (AvgIpc) is 3.28. The second kappa shape index (κ2) is 9.15. The highest BCUT2D eigenvalue weighted by Gasteiger charge is 2.22. The van der Waals surface area contributed by atoms with Crippen LogP contribution in [-0.4, -0.2) is 46.9 Å². The van der Waals surface area contributed by atoms with Crippen LogP contribution in [0.1, 0.15) is 22.2 Å². The molecule has 1 heterocycles. The zero-order valence-corrected chi connectivity index (χ0v) is 18.0. The summed E-state index contributed by atoms with van der Waals surface area (Å²) >= 11 is 0. The maximum absolute atomic E-state index is 12.8. The number of amides is 1. The van der Waals surface area contributed by atoms with Gasteiger partial charge in [0.05, 0.1) is 22.9 Å². The molecule has 2 aromatic carbocycles. The van der Waals surface area contributed by atoms with E-state index in [1.807, 2.05) is 31.1 Å². The van der Waals surface area contributed by atoms with E-state index in [4.69, 9.17) is 4.42 Å². The van der Waals surface area contributed by atoms with Crippen LogP contribution in [0.3, 0.4) is 0 Å². The van der Waals surface area contributed by atoms with E-state index in [1.165, 1.54) is 35.6 Å². The molecule has 0 spiro atoms. The van der Waals surface area contributed by atoms with Crippen LogP contribution in [0.15, 0.2) is 82.3 Å². The summed E-state index contributed by atoms with van der Waals surface area (Å²) in [5.41, 5.74) is 0.945. The highest BCUT2D eigenvalue weighted by Crippen LogP contribution is 2.22. The van der Waals surface area contributed by atoms with Crippen molar-refractivity contribution < 1.29 is 17.6 Å². The van der Waals surface area contributed by atoms with Crippen LogP contribution in [0.5, 0.6) is 0 Å². The molecule has 0 radical (unpaired) electrons. The van der Waals surface area contributed by atoms with Crippen molar-refractivity contribution in [1.29, 1.82) is 0 Å². The number of hydrogen-bond acceptors (Lipinski definition) is 5. The molecule has 0 bridgehead atoms. The Balaban J connectivity index is 1.69. The summed E-state index contributed by atoms with van der Waals surface area (Å²) in [4.78, 5) is 14.6. The number of likely N-dealkylation sites (N-methyl/N-ethyl adjacent to an activating group) is 1. The van der Waals surface area contributed by atoms with Crippen LogP contribution in [0.4, 0.5) is 5.69 Å². The Morgan fingerprint density at radius 1 is 0.967 bits per heavy atom. The van der Waals surface area contributed by atoms with Gasteiger partial charge in [-0.25, -0.2) is 8.42 Å². The number of nitrogens with one attached hydrogen (secondary N) is 1. The fourth-order valence-electron chi connectivity index (χ4n) is 3.02. The summed E-state index contributed by atoms with van der Waals surface area (Å²) in [5, 5.41) is 2.88. The Kier molecular flexibility index (Phi) is 6.59. The van der Waals surface area contributed by atoms with Gasteiger partial charge in [0.2, 0.25) is 0 Å². The number of hydrogen-bond donors (Lipinski definition) is 1. The third kappa shape index (κ3) is 4.72. The van der Waals surface area contributed by atoms with Gasteiger partial charge < -0.3 is 9.73 Å². The normalized spacial score (nSPS) is 12.5. The van der Waals surface area contributed by atoms with Crippen molar-refractivity contribution in [3.63, 3.8) is 0 Å². The van der Waals surface area contributed by atoms with E-state index in [9.17, 15) is 13.2 Å². The number of nitrogens with zero attached hydrogens (tertiary/aromatic N) is 2. The molecule has 0 aliphatic carbocycles. The van der Waals surface area contributed by atoms with Gasteiger partial charge in [0, 0.05) is 19.2 Å². The van der Waals surface area contributed by atoms with Crippen LogP contribution in [0, 0.1) is 0 Å². The first-order valence-electron chi connectivity index (χ1n) is 9.43. The molecule has 0 unspecified atom stereocenters. The lowest BCUT2D eigenvalue weighted by atomic mass is 10.2. The highest BCUT2D eigenvalue weighted by molar-refractivity contribution is 7.92. The molecule has 1 aromatic heterocycles. The van der Waals surface area contributed by atoms with Gasteiger partial charge in [0.15, 0.2) is 0 Å². The maximum Gasteiger partial charge on any atom is 0.264 e. The van der Waals surface area contributed by atoms with Gasteiger partial charge in [-0.2, -0.15) is 0 Å². The molecular weight excluding hydrogens is 402 g/mol. The molecule has 0 saturated heterocycles. The first kappa shape index (κ1) is 21.6. The Hall–Kier alpha value is -3.10. The quantitative estimate of drug-likeness (QED) is 0.597. The SMILES string of the molecule is CN(C)[C@H](CNC(=O)c1ccc(S(=O)(=O)N(C)c2ccccc2)cc1)c1ccco1. The van der Waals surface area contributed by atoms with Crippen molar-refractivity contribution >= 4 is 21.6 Å². The topological polar surface area (TPSA) is 82.9 Å². The van der Waals surface area contributed by atoms with E-state index < -0.39 is 10.0 Å². The lowest BCUT2D eigenvalue weighted by Crippen LogP contribution is -2.34. The second-order valence-electron chi connectivity index (χ2n) is 7.04. The van der Waals surface area contributed by atoms with Crippen LogP contribution in [0.2, 0.25) is 0 Å². The zero-order chi connectivity index (χ0) is 21.7. The minimum atomic E-state index is -3.72. The molecule has 0 saturated carbocycles. The van der Waals surface area contributed by atoms with Crippen LogP contribution in [-0.2, 0) is 10.0 Å². The predicted octanol–water partition coefficient (Wildman–Crippen LogP) is 3.14. The average molecular weight is 428 g/mol. The molecule has 8 heteroatoms. The molecule has 1 amide bonds. The second-order valence-corrected chi connectivity index (χ2v) is 9.01. The minimum Gasteiger partial charge on any atom is -0.468 e. The van der Waals surface area contributed by atoms with Crippen LogP contribution < -0.4 is 9.62 Å². The number of carbonyl (C=O) groups excluding carboxylic acids is 1. The highest BCUT2D eigenvalue weighted by atomic mass is 32.2. The van der Waals surface area contributed by atoms with Gasteiger partial charge >= 0.3 is 0 Å². The number of para-hydroxylation sites is 1. The Labute approximate surface area is 177 Å². The Morgan fingerprint density at radius 2 is 1.63 bits per heavy atom. The van der Waals surface area contributed by atoms with E-state index in [0.29, 0.717) is 17.8 Å². The Morgan fingerprint density at radius 3 is 2.20 bits per heavy atom. The van der Waals surface area contributed by atoms with Crippen molar-refractivity contribution in [3.05, 3.63) is 84.3 Å². The number of rotatable bonds is 8. The number of furan rings is 1. The van der Waals surface area contributed by atoms with Crippen molar-refractivity contribution in [2.24, 2.45) is 0 Å². The van der Waals surface area contributed by atoms with E-state index >= 15 is 0 Å². The smallest absolute Gasteiger partial charge is 0.264 e. The molecule has 3 rings (SSSR count). The fraction of sp³-hybridized carbons (Fsp3) is 0.227. The molecule has 0 fully saturated rings. The van der Waals surface area contributed by atoms with Gasteiger partial charge in [-0.15, -0.1) is 0 Å². The molecule has 0 aliphatic heterocycles. The molecule has 7 nitrogen and oxygen atoms in total. The standard InChI is InChI=1S/C22H25N3O4S/c1-24(2)20(21-10-7-15-29-21)16-23-22(26)17-11-13-19(14-12-17)30(27,28)25(3)18-8-5-4-6-9-18/h4-15,20H,16H2,1-3H3,(H,23,26)/t20-/m1/s1. The zero-order valence-electron chi connectivity index (χ0n) is 17.1. The first-order chi connectivity index (χ1) is 14.3. The number of benzene rings is 2. The summed E-state index contributed by atoms with van der Waals surface area (Å²) < 4.78 is 32.3. The summed E-state index contributed by atoms with van der Waals surface area (Å²) in [5.74, 6) is 0.472. The third-order valence-corrected chi connectivity index (χ3v) is 6.65. The van der Waals surface area contributed by atoms with Crippen molar-refractivity contribution in [1.82, 2.24) is 10.2 Å². The van der Waals surface area contributed by atoms with E-state index in [2.05, 4.69) is 5.32 Å². The molecular formula is C22H25N3O4S. The van der Waals surface area contributed by atoms with Crippen LogP contribution >= 0.6 is 0 Å². The van der Waals surface area contributed by atoms with Gasteiger partial charge in [0.25, 0.3) is 15.9 Å². The lowest BCUT2D eigenvalue weighted by Gasteiger charge is -2.22. The number of sulfonamides is 1. The summed E-state index contributed by atoms with van der Waals surface area (Å²) in [6.45, 7) is 0.357.